The number of amides is 1. The van der Waals surface area contributed by atoms with Crippen molar-refractivity contribution in [3.05, 3.63) is 166 Å². The van der Waals surface area contributed by atoms with Crippen molar-refractivity contribution in [3.8, 4) is 0 Å². The van der Waals surface area contributed by atoms with Crippen LogP contribution in [0.3, 0.4) is 0 Å². The number of hydrogen-bond acceptors (Lipinski definition) is 10. The van der Waals surface area contributed by atoms with Gasteiger partial charge in [-0.3, -0.25) is 9.36 Å². The van der Waals surface area contributed by atoms with Crippen LogP contribution >= 0.6 is 0 Å². The summed E-state index contributed by atoms with van der Waals surface area (Å²) >= 11 is 0. The highest BCUT2D eigenvalue weighted by molar-refractivity contribution is 6.03. The van der Waals surface area contributed by atoms with Crippen molar-refractivity contribution in [2.45, 2.75) is 44.0 Å². The lowest BCUT2D eigenvalue weighted by Gasteiger charge is -2.35. The third-order valence-electron chi connectivity index (χ3n) is 8.33. The van der Waals surface area contributed by atoms with E-state index in [1.54, 1.807) is 128 Å². The SMILES string of the molecule is C[C@@H](OC(=O)c1ccccc1)[C@H]1O[C@@H](n2ccc(NC(=O)c3ccccc3)nc2=O)[C@](C)(OC(=O)c2ccccc2)[C@@H]1OC(=O)c1ccccc1. The topological polar surface area (TPSA) is 152 Å². The molecule has 12 nitrogen and oxygen atoms in total. The summed E-state index contributed by atoms with van der Waals surface area (Å²) < 4.78 is 25.5. The molecule has 1 amide bonds. The molecule has 2 heterocycles. The lowest BCUT2D eigenvalue weighted by Crippen LogP contribution is -2.52. The highest BCUT2D eigenvalue weighted by atomic mass is 16.7. The van der Waals surface area contributed by atoms with E-state index in [1.807, 2.05) is 0 Å². The number of esters is 3. The maximum atomic E-state index is 13.7. The Hall–Kier alpha value is -6.40. The van der Waals surface area contributed by atoms with Gasteiger partial charge in [-0.25, -0.2) is 19.2 Å². The molecule has 4 aromatic carbocycles. The Morgan fingerprint density at radius 3 is 1.75 bits per heavy atom. The van der Waals surface area contributed by atoms with Gasteiger partial charge in [0.05, 0.1) is 16.7 Å². The highest BCUT2D eigenvalue weighted by Gasteiger charge is 2.62. The van der Waals surface area contributed by atoms with Gasteiger partial charge in [-0.1, -0.05) is 72.8 Å². The number of anilines is 1. The van der Waals surface area contributed by atoms with Crippen LogP contribution in [-0.2, 0) is 18.9 Å². The fourth-order valence-electron chi connectivity index (χ4n) is 5.72. The average molecular weight is 688 g/mol. The number of nitrogens with one attached hydrogen (secondary N) is 1. The summed E-state index contributed by atoms with van der Waals surface area (Å²) in [5, 5.41) is 2.59. The molecule has 0 saturated carbocycles. The van der Waals surface area contributed by atoms with E-state index in [-0.39, 0.29) is 22.5 Å². The molecule has 5 aromatic rings. The summed E-state index contributed by atoms with van der Waals surface area (Å²) in [5.74, 6) is -2.78. The number of benzene rings is 4. The molecule has 258 valence electrons. The molecule has 0 bridgehead atoms. The maximum Gasteiger partial charge on any atom is 0.351 e. The summed E-state index contributed by atoms with van der Waals surface area (Å²) in [4.78, 5) is 70.9. The van der Waals surface area contributed by atoms with Crippen molar-refractivity contribution in [1.29, 1.82) is 0 Å². The molecule has 1 aliphatic rings. The Morgan fingerprint density at radius 2 is 1.22 bits per heavy atom. The molecule has 6 rings (SSSR count). The second-order valence-electron chi connectivity index (χ2n) is 11.9. The van der Waals surface area contributed by atoms with E-state index in [1.165, 1.54) is 19.2 Å². The highest BCUT2D eigenvalue weighted by Crippen LogP contribution is 2.45. The van der Waals surface area contributed by atoms with Gasteiger partial charge in [0.1, 0.15) is 18.0 Å². The number of hydrogen-bond donors (Lipinski definition) is 1. The van der Waals surface area contributed by atoms with Gasteiger partial charge in [-0.2, -0.15) is 4.98 Å². The molecule has 51 heavy (non-hydrogen) atoms. The molecule has 0 spiro atoms. The van der Waals surface area contributed by atoms with Gasteiger partial charge in [-0.05, 0) is 68.4 Å². The Balaban J connectivity index is 1.39. The molecule has 12 heteroatoms. The van der Waals surface area contributed by atoms with E-state index >= 15 is 0 Å². The summed E-state index contributed by atoms with van der Waals surface area (Å²) in [7, 11) is 0. The Kier molecular flexibility index (Phi) is 10.1. The van der Waals surface area contributed by atoms with E-state index in [4.69, 9.17) is 18.9 Å². The number of ether oxygens (including phenoxy) is 4. The van der Waals surface area contributed by atoms with Crippen LogP contribution in [0.2, 0.25) is 0 Å². The van der Waals surface area contributed by atoms with Crippen molar-refractivity contribution in [1.82, 2.24) is 9.55 Å². The zero-order chi connectivity index (χ0) is 36.0. The lowest BCUT2D eigenvalue weighted by molar-refractivity contribution is -0.113. The molecule has 1 fully saturated rings. The summed E-state index contributed by atoms with van der Waals surface area (Å²) in [6, 6.07) is 34.3. The van der Waals surface area contributed by atoms with Crippen LogP contribution in [0, 0.1) is 0 Å². The third-order valence-corrected chi connectivity index (χ3v) is 8.33. The standard InChI is InChI=1S/C39H33N3O9/c1-25(48-34(44)27-17-9-4-10-18-27)31-32(50-35(45)28-19-11-5-12-20-28)39(2,51-36(46)29-21-13-6-14-22-29)37(49-31)42-24-23-30(41-38(42)47)40-33(43)26-15-7-3-8-16-26/h3-25,31-32,37H,1-2H3,(H,40,41,43,47)/t25-,31-,32-,37-,39-/m1/s1. The summed E-state index contributed by atoms with van der Waals surface area (Å²) in [6.07, 6.45) is -3.92. The summed E-state index contributed by atoms with van der Waals surface area (Å²) in [5.41, 5.74) is -1.78. The normalized spacial score (nSPS) is 20.1. The Labute approximate surface area is 292 Å². The molecule has 0 unspecified atom stereocenters. The molecule has 1 aliphatic heterocycles. The number of aromatic nitrogens is 2. The lowest BCUT2D eigenvalue weighted by atomic mass is 9.93. The fraction of sp³-hybridized carbons (Fsp3) is 0.179. The van der Waals surface area contributed by atoms with E-state index < -0.39 is 59.6 Å². The first-order chi connectivity index (χ1) is 24.6. The van der Waals surface area contributed by atoms with Crippen molar-refractivity contribution in [2.75, 3.05) is 5.32 Å². The van der Waals surface area contributed by atoms with Gasteiger partial charge in [0.25, 0.3) is 5.91 Å². The van der Waals surface area contributed by atoms with Crippen LogP contribution in [0.1, 0.15) is 61.5 Å². The number of carbonyl (C=O) groups excluding carboxylic acids is 4. The quantitative estimate of drug-likeness (QED) is 0.148. The van der Waals surface area contributed by atoms with E-state index in [0.29, 0.717) is 5.56 Å². The van der Waals surface area contributed by atoms with Crippen LogP contribution in [0.5, 0.6) is 0 Å². The zero-order valence-corrected chi connectivity index (χ0v) is 27.6. The number of rotatable bonds is 10. The van der Waals surface area contributed by atoms with Crippen LogP contribution in [0.25, 0.3) is 0 Å². The minimum atomic E-state index is -1.91. The molecule has 1 aromatic heterocycles. The predicted octanol–water partition coefficient (Wildman–Crippen LogP) is 5.48. The van der Waals surface area contributed by atoms with Crippen LogP contribution in [-0.4, -0.2) is 57.3 Å². The fourth-order valence-corrected chi connectivity index (χ4v) is 5.72. The van der Waals surface area contributed by atoms with E-state index in [0.717, 1.165) is 4.57 Å². The third kappa shape index (κ3) is 7.61. The summed E-state index contributed by atoms with van der Waals surface area (Å²) in [6.45, 7) is 3.00. The average Bonchev–Trinajstić information content (AvgIpc) is 3.43. The number of nitrogens with zero attached hydrogens (tertiary/aromatic N) is 2. The van der Waals surface area contributed by atoms with Gasteiger partial charge in [-0.15, -0.1) is 0 Å². The molecule has 5 atom stereocenters. The second-order valence-corrected chi connectivity index (χ2v) is 11.9. The van der Waals surface area contributed by atoms with E-state index in [9.17, 15) is 24.0 Å². The first kappa shape index (κ1) is 34.5. The van der Waals surface area contributed by atoms with Crippen molar-refractivity contribution in [2.24, 2.45) is 0 Å². The van der Waals surface area contributed by atoms with Crippen LogP contribution < -0.4 is 11.0 Å². The smallest absolute Gasteiger partial charge is 0.351 e. The first-order valence-corrected chi connectivity index (χ1v) is 16.1. The Morgan fingerprint density at radius 1 is 0.725 bits per heavy atom. The first-order valence-electron chi connectivity index (χ1n) is 16.1. The second kappa shape index (κ2) is 15.0. The molecule has 0 radical (unpaired) electrons. The largest absolute Gasteiger partial charge is 0.456 e. The van der Waals surface area contributed by atoms with Crippen LogP contribution in [0.4, 0.5) is 5.82 Å². The van der Waals surface area contributed by atoms with Gasteiger partial charge < -0.3 is 24.3 Å². The van der Waals surface area contributed by atoms with Gasteiger partial charge >= 0.3 is 23.6 Å². The monoisotopic (exact) mass is 687 g/mol. The van der Waals surface area contributed by atoms with Crippen molar-refractivity contribution < 1.29 is 38.1 Å². The van der Waals surface area contributed by atoms with E-state index in [2.05, 4.69) is 10.3 Å². The molecular formula is C39H33N3O9. The minimum Gasteiger partial charge on any atom is -0.456 e. The Bertz CT molecular complexity index is 2080. The zero-order valence-electron chi connectivity index (χ0n) is 27.6. The molecule has 1 N–H and O–H groups in total. The molecule has 0 aliphatic carbocycles. The maximum absolute atomic E-state index is 13.7. The van der Waals surface area contributed by atoms with Gasteiger partial charge in [0.2, 0.25) is 0 Å². The van der Waals surface area contributed by atoms with Gasteiger partial charge in [0, 0.05) is 11.8 Å². The predicted molar refractivity (Wildman–Crippen MR) is 184 cm³/mol. The van der Waals surface area contributed by atoms with Gasteiger partial charge in [0.15, 0.2) is 17.9 Å². The number of carbonyl (C=O) groups is 4. The molecular weight excluding hydrogens is 654 g/mol. The minimum absolute atomic E-state index is 0.0418. The van der Waals surface area contributed by atoms with Crippen LogP contribution in [0.15, 0.2) is 138 Å². The van der Waals surface area contributed by atoms with Crippen molar-refractivity contribution >= 4 is 29.6 Å². The van der Waals surface area contributed by atoms with Crippen molar-refractivity contribution in [3.63, 3.8) is 0 Å². The molecule has 1 saturated heterocycles.